The lowest BCUT2D eigenvalue weighted by Crippen LogP contribution is -2.02. The first-order valence-electron chi connectivity index (χ1n) is 4.18. The minimum atomic E-state index is -0.242. The number of rotatable bonds is 2. The highest BCUT2D eigenvalue weighted by atomic mass is 17.0. The van der Waals surface area contributed by atoms with Gasteiger partial charge in [-0.1, -0.05) is 30.3 Å². The zero-order valence-electron chi connectivity index (χ0n) is 6.91. The fourth-order valence-electron chi connectivity index (χ4n) is 1.68. The quantitative estimate of drug-likeness (QED) is 0.618. The van der Waals surface area contributed by atoms with Crippen molar-refractivity contribution in [1.82, 2.24) is 0 Å². The van der Waals surface area contributed by atoms with Crippen LogP contribution in [0.4, 0.5) is 0 Å². The second-order valence-corrected chi connectivity index (χ2v) is 3.57. The Morgan fingerprint density at radius 2 is 1.75 bits per heavy atom. The van der Waals surface area contributed by atoms with Crippen LogP contribution < -0.4 is 0 Å². The van der Waals surface area contributed by atoms with Crippen molar-refractivity contribution in [2.24, 2.45) is 0 Å². The Hall–Kier alpha value is -0.860. The molecule has 0 saturated carbocycles. The first-order valence-corrected chi connectivity index (χ1v) is 4.18. The number of epoxide rings is 2. The van der Waals surface area contributed by atoms with Gasteiger partial charge in [0.05, 0.1) is 0 Å². The van der Waals surface area contributed by atoms with Crippen LogP contribution in [0.25, 0.3) is 0 Å². The zero-order valence-corrected chi connectivity index (χ0v) is 6.91. The van der Waals surface area contributed by atoms with Gasteiger partial charge in [0.25, 0.3) is 0 Å². The summed E-state index contributed by atoms with van der Waals surface area (Å²) >= 11 is 0. The molecule has 0 unspecified atom stereocenters. The summed E-state index contributed by atoms with van der Waals surface area (Å²) in [4.78, 5) is 0. The van der Waals surface area contributed by atoms with Crippen LogP contribution in [0.1, 0.15) is 12.5 Å². The molecule has 0 aromatic heterocycles. The van der Waals surface area contributed by atoms with Gasteiger partial charge in [0.2, 0.25) is 11.6 Å². The molecule has 0 aliphatic carbocycles. The molecule has 2 aliphatic heterocycles. The fraction of sp³-hybridized carbons (Fsp3) is 0.400. The molecule has 0 atom stereocenters. The third kappa shape index (κ3) is 0.713. The van der Waals surface area contributed by atoms with Crippen molar-refractivity contribution < 1.29 is 9.47 Å². The van der Waals surface area contributed by atoms with E-state index in [4.69, 9.17) is 9.47 Å². The summed E-state index contributed by atoms with van der Waals surface area (Å²) in [5.74, 6) is -0.475. The molecule has 2 aliphatic rings. The van der Waals surface area contributed by atoms with E-state index in [1.807, 2.05) is 25.1 Å². The second-order valence-electron chi connectivity index (χ2n) is 3.57. The van der Waals surface area contributed by atoms with Gasteiger partial charge >= 0.3 is 0 Å². The van der Waals surface area contributed by atoms with Gasteiger partial charge in [0, 0.05) is 6.42 Å². The van der Waals surface area contributed by atoms with Gasteiger partial charge in [0.15, 0.2) is 0 Å². The van der Waals surface area contributed by atoms with E-state index >= 15 is 0 Å². The average molecular weight is 162 g/mol. The number of fused-ring (bicyclic) bond motifs is 1. The molecule has 1 aromatic rings. The Morgan fingerprint density at radius 1 is 1.17 bits per heavy atom. The summed E-state index contributed by atoms with van der Waals surface area (Å²) in [6, 6.07) is 10.3. The van der Waals surface area contributed by atoms with E-state index in [1.165, 1.54) is 5.56 Å². The van der Waals surface area contributed by atoms with E-state index in [2.05, 4.69) is 12.1 Å². The molecule has 3 rings (SSSR count). The zero-order chi connectivity index (χ0) is 8.23. The van der Waals surface area contributed by atoms with Crippen LogP contribution in [0.15, 0.2) is 30.3 Å². The van der Waals surface area contributed by atoms with Crippen LogP contribution in [0.2, 0.25) is 0 Å². The van der Waals surface area contributed by atoms with E-state index in [1.54, 1.807) is 0 Å². The molecule has 2 saturated heterocycles. The molecular weight excluding hydrogens is 152 g/mol. The molecule has 1 aromatic carbocycles. The molecule has 0 N–H and O–H groups in total. The van der Waals surface area contributed by atoms with Crippen LogP contribution in [0.5, 0.6) is 0 Å². The largest absolute Gasteiger partial charge is 0.307 e. The summed E-state index contributed by atoms with van der Waals surface area (Å²) in [5, 5.41) is 0. The molecule has 2 heteroatoms. The molecule has 0 radical (unpaired) electrons. The molecular formula is C10H10O2. The van der Waals surface area contributed by atoms with Crippen molar-refractivity contribution in [3.63, 3.8) is 0 Å². The highest BCUT2D eigenvalue weighted by Gasteiger charge is 2.87. The Labute approximate surface area is 71.1 Å². The van der Waals surface area contributed by atoms with E-state index in [0.29, 0.717) is 0 Å². The number of hydrogen-bond acceptors (Lipinski definition) is 2. The fourth-order valence-corrected chi connectivity index (χ4v) is 1.68. The molecule has 0 spiro atoms. The first kappa shape index (κ1) is 6.63. The predicted octanol–water partition coefficient (Wildman–Crippen LogP) is 1.70. The van der Waals surface area contributed by atoms with Gasteiger partial charge in [-0.3, -0.25) is 0 Å². The highest BCUT2D eigenvalue weighted by molar-refractivity contribution is 5.25. The van der Waals surface area contributed by atoms with Crippen LogP contribution in [0, 0.1) is 0 Å². The van der Waals surface area contributed by atoms with Crippen LogP contribution in [-0.4, -0.2) is 11.6 Å². The third-order valence-electron chi connectivity index (χ3n) is 2.61. The summed E-state index contributed by atoms with van der Waals surface area (Å²) in [6.45, 7) is 1.98. The van der Waals surface area contributed by atoms with Crippen molar-refractivity contribution in [2.75, 3.05) is 0 Å². The Balaban J connectivity index is 1.78. The number of hydrogen-bond donors (Lipinski definition) is 0. The van der Waals surface area contributed by atoms with Gasteiger partial charge in [-0.2, -0.15) is 0 Å². The van der Waals surface area contributed by atoms with Gasteiger partial charge in [0.1, 0.15) is 0 Å². The normalized spacial score (nSPS) is 42.1. The topological polar surface area (TPSA) is 25.1 Å². The Bertz CT molecular complexity index is 312. The van der Waals surface area contributed by atoms with Crippen molar-refractivity contribution in [1.29, 1.82) is 0 Å². The standard InChI is InChI=1S/C10H10O2/c1-9-10(11-9,12-9)7-8-5-3-2-4-6-8/h2-6H,7H2,1H3. The van der Waals surface area contributed by atoms with Crippen LogP contribution >= 0.6 is 0 Å². The lowest BCUT2D eigenvalue weighted by molar-refractivity contribution is -0.0882. The summed E-state index contributed by atoms with van der Waals surface area (Å²) in [5.41, 5.74) is 1.28. The Kier molecular flexibility index (Phi) is 0.955. The number of benzene rings is 1. The van der Waals surface area contributed by atoms with Gasteiger partial charge in [-0.25, -0.2) is 0 Å². The van der Waals surface area contributed by atoms with Gasteiger partial charge in [-0.15, -0.1) is 0 Å². The maximum Gasteiger partial charge on any atom is 0.233 e. The van der Waals surface area contributed by atoms with Gasteiger partial charge in [-0.05, 0) is 12.5 Å². The average Bonchev–Trinajstić information content (AvgIpc) is 2.75. The van der Waals surface area contributed by atoms with Gasteiger partial charge < -0.3 is 9.47 Å². The summed E-state index contributed by atoms with van der Waals surface area (Å²) < 4.78 is 10.7. The van der Waals surface area contributed by atoms with Crippen LogP contribution in [0.3, 0.4) is 0 Å². The molecule has 2 nitrogen and oxygen atoms in total. The van der Waals surface area contributed by atoms with Crippen molar-refractivity contribution in [3.8, 4) is 0 Å². The highest BCUT2D eigenvalue weighted by Crippen LogP contribution is 2.68. The SMILES string of the molecule is CC12OC1(Cc1ccccc1)O2. The maximum absolute atomic E-state index is 5.36. The molecule has 62 valence electrons. The molecule has 2 heterocycles. The molecule has 2 fully saturated rings. The molecule has 0 bridgehead atoms. The minimum Gasteiger partial charge on any atom is -0.307 e. The lowest BCUT2D eigenvalue weighted by atomic mass is 10.1. The maximum atomic E-state index is 5.36. The van der Waals surface area contributed by atoms with Crippen molar-refractivity contribution in [3.05, 3.63) is 35.9 Å². The van der Waals surface area contributed by atoms with E-state index in [9.17, 15) is 0 Å². The number of ether oxygens (including phenoxy) is 2. The monoisotopic (exact) mass is 162 g/mol. The van der Waals surface area contributed by atoms with Crippen LogP contribution in [-0.2, 0) is 15.9 Å². The van der Waals surface area contributed by atoms with E-state index < -0.39 is 0 Å². The predicted molar refractivity (Wildman–Crippen MR) is 43.5 cm³/mol. The smallest absolute Gasteiger partial charge is 0.233 e. The minimum absolute atomic E-state index is 0.233. The third-order valence-corrected chi connectivity index (χ3v) is 2.61. The Morgan fingerprint density at radius 3 is 2.25 bits per heavy atom. The summed E-state index contributed by atoms with van der Waals surface area (Å²) in [7, 11) is 0. The second kappa shape index (κ2) is 1.73. The lowest BCUT2D eigenvalue weighted by Gasteiger charge is -1.99. The van der Waals surface area contributed by atoms with Crippen molar-refractivity contribution in [2.45, 2.75) is 24.9 Å². The molecule has 0 amide bonds. The van der Waals surface area contributed by atoms with E-state index in [-0.39, 0.29) is 11.6 Å². The van der Waals surface area contributed by atoms with E-state index in [0.717, 1.165) is 6.42 Å². The first-order chi connectivity index (χ1) is 5.74. The van der Waals surface area contributed by atoms with Crippen molar-refractivity contribution >= 4 is 0 Å². The molecule has 12 heavy (non-hydrogen) atoms. The summed E-state index contributed by atoms with van der Waals surface area (Å²) in [6.07, 6.45) is 0.879.